The Hall–Kier alpha value is -2.04. The quantitative estimate of drug-likeness (QED) is 0.817. The normalized spacial score (nSPS) is 14.3. The second-order valence-corrected chi connectivity index (χ2v) is 4.80. The third-order valence-electron chi connectivity index (χ3n) is 3.38. The minimum Gasteiger partial charge on any atom is -0.349 e. The molecule has 2 aromatic rings. The van der Waals surface area contributed by atoms with Crippen molar-refractivity contribution in [1.82, 2.24) is 19.9 Å². The standard InChI is InChI=1S/C14H17N5/c1-3-13-16-7-11-4-5-19(9-12(11)18-13)14-8-15-6-10(2)17-14/h6-8H,3-5,9H2,1-2H3. The summed E-state index contributed by atoms with van der Waals surface area (Å²) in [5.74, 6) is 1.85. The largest absolute Gasteiger partial charge is 0.349 e. The average Bonchev–Trinajstić information content (AvgIpc) is 2.46. The highest BCUT2D eigenvalue weighted by Crippen LogP contribution is 2.21. The molecule has 0 bridgehead atoms. The summed E-state index contributed by atoms with van der Waals surface area (Å²) >= 11 is 0. The Morgan fingerprint density at radius 3 is 2.89 bits per heavy atom. The van der Waals surface area contributed by atoms with E-state index < -0.39 is 0 Å². The van der Waals surface area contributed by atoms with Crippen LogP contribution in [0.1, 0.15) is 29.7 Å². The van der Waals surface area contributed by atoms with Gasteiger partial charge in [0.05, 0.1) is 24.1 Å². The third kappa shape index (κ3) is 2.41. The van der Waals surface area contributed by atoms with Gasteiger partial charge in [-0.05, 0) is 18.9 Å². The van der Waals surface area contributed by atoms with Crippen LogP contribution >= 0.6 is 0 Å². The minimum absolute atomic E-state index is 0.795. The highest BCUT2D eigenvalue weighted by Gasteiger charge is 2.19. The zero-order valence-corrected chi connectivity index (χ0v) is 11.3. The minimum atomic E-state index is 0.795. The fourth-order valence-electron chi connectivity index (χ4n) is 2.31. The summed E-state index contributed by atoms with van der Waals surface area (Å²) < 4.78 is 0. The topological polar surface area (TPSA) is 54.8 Å². The monoisotopic (exact) mass is 255 g/mol. The zero-order chi connectivity index (χ0) is 13.2. The summed E-state index contributed by atoms with van der Waals surface area (Å²) in [6.45, 7) is 5.78. The smallest absolute Gasteiger partial charge is 0.147 e. The molecule has 5 nitrogen and oxygen atoms in total. The summed E-state index contributed by atoms with van der Waals surface area (Å²) in [6, 6.07) is 0. The molecule has 3 rings (SSSR count). The van der Waals surface area contributed by atoms with Gasteiger partial charge in [-0.3, -0.25) is 4.98 Å². The Balaban J connectivity index is 1.88. The van der Waals surface area contributed by atoms with Gasteiger partial charge in [0, 0.05) is 25.4 Å². The predicted molar refractivity (Wildman–Crippen MR) is 72.9 cm³/mol. The van der Waals surface area contributed by atoms with E-state index in [9.17, 15) is 0 Å². The fraction of sp³-hybridized carbons (Fsp3) is 0.429. The van der Waals surface area contributed by atoms with Crippen LogP contribution in [0.25, 0.3) is 0 Å². The Kier molecular flexibility index (Phi) is 3.11. The van der Waals surface area contributed by atoms with Gasteiger partial charge in [-0.15, -0.1) is 0 Å². The number of aromatic nitrogens is 4. The second kappa shape index (κ2) is 4.91. The first-order valence-electron chi connectivity index (χ1n) is 6.63. The molecule has 0 atom stereocenters. The molecule has 0 spiro atoms. The van der Waals surface area contributed by atoms with Gasteiger partial charge in [0.15, 0.2) is 0 Å². The van der Waals surface area contributed by atoms with Crippen LogP contribution in [0.15, 0.2) is 18.6 Å². The number of nitrogens with zero attached hydrogens (tertiary/aromatic N) is 5. The maximum Gasteiger partial charge on any atom is 0.147 e. The summed E-state index contributed by atoms with van der Waals surface area (Å²) in [7, 11) is 0. The van der Waals surface area contributed by atoms with E-state index in [2.05, 4.69) is 31.8 Å². The van der Waals surface area contributed by atoms with Crippen molar-refractivity contribution < 1.29 is 0 Å². The SMILES string of the molecule is CCc1ncc2c(n1)CN(c1cncc(C)n1)CC2. The predicted octanol–water partition coefficient (Wildman–Crippen LogP) is 1.70. The third-order valence-corrected chi connectivity index (χ3v) is 3.38. The number of rotatable bonds is 2. The van der Waals surface area contributed by atoms with E-state index in [-0.39, 0.29) is 0 Å². The van der Waals surface area contributed by atoms with Crippen LogP contribution < -0.4 is 4.90 Å². The number of anilines is 1. The average molecular weight is 255 g/mol. The molecule has 0 unspecified atom stereocenters. The van der Waals surface area contributed by atoms with Crippen LogP contribution in [0, 0.1) is 6.92 Å². The lowest BCUT2D eigenvalue weighted by Gasteiger charge is -2.28. The van der Waals surface area contributed by atoms with E-state index in [1.165, 1.54) is 5.56 Å². The van der Waals surface area contributed by atoms with Crippen LogP contribution in [-0.2, 0) is 19.4 Å². The van der Waals surface area contributed by atoms with E-state index in [1.54, 1.807) is 6.20 Å². The van der Waals surface area contributed by atoms with Gasteiger partial charge in [-0.2, -0.15) is 0 Å². The molecule has 0 radical (unpaired) electrons. The van der Waals surface area contributed by atoms with E-state index in [1.807, 2.05) is 19.3 Å². The van der Waals surface area contributed by atoms with Crippen molar-refractivity contribution in [3.63, 3.8) is 0 Å². The van der Waals surface area contributed by atoms with Crippen LogP contribution in [-0.4, -0.2) is 26.5 Å². The molecule has 19 heavy (non-hydrogen) atoms. The first kappa shape index (κ1) is 12.0. The molecule has 5 heteroatoms. The van der Waals surface area contributed by atoms with Gasteiger partial charge in [-0.25, -0.2) is 15.0 Å². The van der Waals surface area contributed by atoms with Gasteiger partial charge in [0.2, 0.25) is 0 Å². The molecule has 2 aromatic heterocycles. The van der Waals surface area contributed by atoms with Gasteiger partial charge < -0.3 is 4.90 Å². The molecule has 98 valence electrons. The second-order valence-electron chi connectivity index (χ2n) is 4.80. The lowest BCUT2D eigenvalue weighted by molar-refractivity contribution is 0.682. The molecule has 3 heterocycles. The summed E-state index contributed by atoms with van der Waals surface area (Å²) in [5, 5.41) is 0. The summed E-state index contributed by atoms with van der Waals surface area (Å²) in [4.78, 5) is 20.0. The van der Waals surface area contributed by atoms with Crippen molar-refractivity contribution in [2.24, 2.45) is 0 Å². The van der Waals surface area contributed by atoms with Gasteiger partial charge in [0.25, 0.3) is 0 Å². The molecule has 0 aliphatic carbocycles. The van der Waals surface area contributed by atoms with E-state index >= 15 is 0 Å². The highest BCUT2D eigenvalue weighted by molar-refractivity contribution is 5.40. The molecule has 0 N–H and O–H groups in total. The van der Waals surface area contributed by atoms with Crippen LogP contribution in [0.3, 0.4) is 0 Å². The molecule has 1 aliphatic heterocycles. The van der Waals surface area contributed by atoms with Crippen LogP contribution in [0.4, 0.5) is 5.82 Å². The molecule has 0 fully saturated rings. The summed E-state index contributed by atoms with van der Waals surface area (Å²) in [6.07, 6.45) is 7.41. The van der Waals surface area contributed by atoms with Crippen molar-refractivity contribution in [3.8, 4) is 0 Å². The number of hydrogen-bond acceptors (Lipinski definition) is 5. The molecule has 0 saturated carbocycles. The lowest BCUT2D eigenvalue weighted by atomic mass is 10.1. The van der Waals surface area contributed by atoms with Crippen molar-refractivity contribution >= 4 is 5.82 Å². The Morgan fingerprint density at radius 1 is 1.21 bits per heavy atom. The summed E-state index contributed by atoms with van der Waals surface area (Å²) in [5.41, 5.74) is 3.33. The molecule has 0 saturated heterocycles. The van der Waals surface area contributed by atoms with E-state index in [0.717, 1.165) is 49.0 Å². The van der Waals surface area contributed by atoms with Crippen molar-refractivity contribution in [1.29, 1.82) is 0 Å². The maximum absolute atomic E-state index is 4.63. The Bertz CT molecular complexity index is 596. The van der Waals surface area contributed by atoms with Gasteiger partial charge in [0.1, 0.15) is 11.6 Å². The zero-order valence-electron chi connectivity index (χ0n) is 11.3. The number of aryl methyl sites for hydroxylation is 2. The van der Waals surface area contributed by atoms with E-state index in [4.69, 9.17) is 0 Å². The maximum atomic E-state index is 4.63. The molecule has 1 aliphatic rings. The number of fused-ring (bicyclic) bond motifs is 1. The fourth-order valence-corrected chi connectivity index (χ4v) is 2.31. The first-order valence-corrected chi connectivity index (χ1v) is 6.63. The lowest BCUT2D eigenvalue weighted by Crippen LogP contribution is -2.32. The Labute approximate surface area is 112 Å². The molecule has 0 aromatic carbocycles. The van der Waals surface area contributed by atoms with E-state index in [0.29, 0.717) is 0 Å². The number of hydrogen-bond donors (Lipinski definition) is 0. The van der Waals surface area contributed by atoms with Crippen LogP contribution in [0.5, 0.6) is 0 Å². The van der Waals surface area contributed by atoms with Crippen molar-refractivity contribution in [3.05, 3.63) is 41.4 Å². The first-order chi connectivity index (χ1) is 9.26. The van der Waals surface area contributed by atoms with Gasteiger partial charge >= 0.3 is 0 Å². The van der Waals surface area contributed by atoms with Crippen molar-refractivity contribution in [2.75, 3.05) is 11.4 Å². The highest BCUT2D eigenvalue weighted by atomic mass is 15.2. The van der Waals surface area contributed by atoms with Crippen LogP contribution in [0.2, 0.25) is 0 Å². The molecular weight excluding hydrogens is 238 g/mol. The van der Waals surface area contributed by atoms with Crippen molar-refractivity contribution in [2.45, 2.75) is 33.2 Å². The molecular formula is C14H17N5. The Morgan fingerprint density at radius 2 is 2.11 bits per heavy atom. The van der Waals surface area contributed by atoms with Gasteiger partial charge in [-0.1, -0.05) is 6.92 Å². The molecule has 0 amide bonds.